The first-order valence-corrected chi connectivity index (χ1v) is 11.0. The number of amides is 1. The quantitative estimate of drug-likeness (QED) is 0.831. The Bertz CT molecular complexity index is 473. The van der Waals surface area contributed by atoms with Crippen LogP contribution in [0.5, 0.6) is 0 Å². The summed E-state index contributed by atoms with van der Waals surface area (Å²) in [7, 11) is 0. The summed E-state index contributed by atoms with van der Waals surface area (Å²) in [6, 6.07) is 0.654. The third kappa shape index (κ3) is 3.25. The molecule has 0 aromatic carbocycles. The summed E-state index contributed by atoms with van der Waals surface area (Å²) in [4.78, 5) is 18.1. The van der Waals surface area contributed by atoms with Crippen molar-refractivity contribution in [3.8, 4) is 0 Å². The Balaban J connectivity index is 1.17. The van der Waals surface area contributed by atoms with E-state index in [1.807, 2.05) is 0 Å². The molecule has 0 aromatic heterocycles. The average Bonchev–Trinajstić information content (AvgIpc) is 3.26. The molecule has 6 rings (SSSR count). The van der Waals surface area contributed by atoms with Crippen LogP contribution in [0.3, 0.4) is 0 Å². The summed E-state index contributed by atoms with van der Waals surface area (Å²) in [6.45, 7) is 5.88. The van der Waals surface area contributed by atoms with Crippen molar-refractivity contribution in [2.45, 2.75) is 69.9 Å². The minimum atomic E-state index is 0.153. The van der Waals surface area contributed by atoms with Gasteiger partial charge in [-0.1, -0.05) is 0 Å². The molecule has 1 atom stereocenters. The second-order valence-corrected chi connectivity index (χ2v) is 9.71. The molecule has 4 aliphatic carbocycles. The van der Waals surface area contributed by atoms with Gasteiger partial charge in [0.2, 0.25) is 5.91 Å². The van der Waals surface area contributed by atoms with E-state index in [1.54, 1.807) is 0 Å². The van der Waals surface area contributed by atoms with Gasteiger partial charge in [-0.15, -0.1) is 0 Å². The van der Waals surface area contributed by atoms with Crippen molar-refractivity contribution in [1.82, 2.24) is 15.1 Å². The molecule has 25 heavy (non-hydrogen) atoms. The minimum Gasteiger partial charge on any atom is -0.351 e. The zero-order valence-electron chi connectivity index (χ0n) is 15.7. The lowest BCUT2D eigenvalue weighted by atomic mass is 9.54. The summed E-state index contributed by atoms with van der Waals surface area (Å²) in [6.07, 6.45) is 12.0. The molecule has 1 N–H and O–H groups in total. The molecular formula is C21H35N3O. The monoisotopic (exact) mass is 345 g/mol. The Morgan fingerprint density at radius 2 is 1.52 bits per heavy atom. The number of nitrogens with zero attached hydrogens (tertiary/aromatic N) is 2. The molecule has 2 saturated heterocycles. The van der Waals surface area contributed by atoms with Crippen LogP contribution in [-0.2, 0) is 4.79 Å². The molecule has 2 aliphatic heterocycles. The van der Waals surface area contributed by atoms with Gasteiger partial charge in [-0.3, -0.25) is 9.69 Å². The maximum Gasteiger partial charge on any atom is 0.237 e. The molecule has 6 aliphatic rings. The zero-order chi connectivity index (χ0) is 16.8. The SMILES string of the molecule is O=C(NC1C2CC3CC(C2)CC1C3)[C@H]1CCCN1CCN1CCCC1. The summed E-state index contributed by atoms with van der Waals surface area (Å²) in [5.74, 6) is 3.91. The van der Waals surface area contributed by atoms with Crippen LogP contribution in [0.4, 0.5) is 0 Å². The fourth-order valence-corrected chi connectivity index (χ4v) is 7.09. The van der Waals surface area contributed by atoms with Crippen molar-refractivity contribution >= 4 is 5.91 Å². The number of nitrogens with one attached hydrogen (secondary N) is 1. The maximum atomic E-state index is 13.1. The van der Waals surface area contributed by atoms with E-state index >= 15 is 0 Å². The first kappa shape index (κ1) is 16.6. The topological polar surface area (TPSA) is 35.6 Å². The Kier molecular flexibility index (Phi) is 4.53. The van der Waals surface area contributed by atoms with Crippen molar-refractivity contribution in [3.63, 3.8) is 0 Å². The van der Waals surface area contributed by atoms with Gasteiger partial charge in [0.15, 0.2) is 0 Å². The van der Waals surface area contributed by atoms with E-state index in [9.17, 15) is 4.79 Å². The van der Waals surface area contributed by atoms with E-state index < -0.39 is 0 Å². The van der Waals surface area contributed by atoms with Gasteiger partial charge in [0, 0.05) is 19.1 Å². The standard InChI is InChI=1S/C21H35N3O/c25-21(19-4-3-7-24(19)9-8-23-5-1-2-6-23)22-20-17-11-15-10-16(13-17)14-18(20)12-15/h15-20H,1-14H2,(H,22,25)/t15?,16?,17?,18?,19-,20?/m1/s1. The van der Waals surface area contributed by atoms with Gasteiger partial charge in [0.25, 0.3) is 0 Å². The molecule has 0 aromatic rings. The van der Waals surface area contributed by atoms with Gasteiger partial charge in [-0.2, -0.15) is 0 Å². The Morgan fingerprint density at radius 3 is 2.20 bits per heavy atom. The molecule has 2 heterocycles. The molecular weight excluding hydrogens is 310 g/mol. The van der Waals surface area contributed by atoms with E-state index in [0.717, 1.165) is 49.7 Å². The lowest BCUT2D eigenvalue weighted by Crippen LogP contribution is -2.58. The molecule has 1 amide bonds. The van der Waals surface area contributed by atoms with Crippen LogP contribution >= 0.6 is 0 Å². The number of hydrogen-bond donors (Lipinski definition) is 1. The molecule has 4 bridgehead atoms. The first-order chi connectivity index (χ1) is 12.3. The molecule has 0 spiro atoms. The van der Waals surface area contributed by atoms with E-state index in [-0.39, 0.29) is 6.04 Å². The highest BCUT2D eigenvalue weighted by Crippen LogP contribution is 2.53. The molecule has 4 saturated carbocycles. The van der Waals surface area contributed by atoms with E-state index in [0.29, 0.717) is 11.9 Å². The highest BCUT2D eigenvalue weighted by Gasteiger charge is 2.49. The summed E-state index contributed by atoms with van der Waals surface area (Å²) < 4.78 is 0. The Labute approximate surface area is 152 Å². The van der Waals surface area contributed by atoms with Crippen LogP contribution in [0.2, 0.25) is 0 Å². The van der Waals surface area contributed by atoms with Crippen molar-refractivity contribution < 1.29 is 4.79 Å². The predicted molar refractivity (Wildman–Crippen MR) is 99.2 cm³/mol. The van der Waals surface area contributed by atoms with Crippen LogP contribution < -0.4 is 5.32 Å². The first-order valence-electron chi connectivity index (χ1n) is 11.0. The lowest BCUT2D eigenvalue weighted by molar-refractivity contribution is -0.129. The van der Waals surface area contributed by atoms with E-state index in [2.05, 4.69) is 15.1 Å². The van der Waals surface area contributed by atoms with Gasteiger partial charge in [-0.05, 0) is 101 Å². The van der Waals surface area contributed by atoms with Crippen LogP contribution in [0.1, 0.15) is 57.8 Å². The second-order valence-electron chi connectivity index (χ2n) is 9.71. The van der Waals surface area contributed by atoms with Crippen LogP contribution in [0, 0.1) is 23.7 Å². The van der Waals surface area contributed by atoms with Crippen molar-refractivity contribution in [3.05, 3.63) is 0 Å². The fraction of sp³-hybridized carbons (Fsp3) is 0.952. The Hall–Kier alpha value is -0.610. The third-order valence-electron chi connectivity index (χ3n) is 8.10. The van der Waals surface area contributed by atoms with Crippen LogP contribution in [0.15, 0.2) is 0 Å². The van der Waals surface area contributed by atoms with Crippen LogP contribution in [0.25, 0.3) is 0 Å². The summed E-state index contributed by atoms with van der Waals surface area (Å²) >= 11 is 0. The Morgan fingerprint density at radius 1 is 0.840 bits per heavy atom. The fourth-order valence-electron chi connectivity index (χ4n) is 7.09. The zero-order valence-corrected chi connectivity index (χ0v) is 15.7. The summed E-state index contributed by atoms with van der Waals surface area (Å²) in [5.41, 5.74) is 0. The predicted octanol–water partition coefficient (Wildman–Crippen LogP) is 2.49. The van der Waals surface area contributed by atoms with Crippen LogP contribution in [-0.4, -0.2) is 60.5 Å². The normalized spacial score (nSPS) is 43.8. The molecule has 140 valence electrons. The lowest BCUT2D eigenvalue weighted by Gasteiger charge is -2.54. The highest BCUT2D eigenvalue weighted by molar-refractivity contribution is 5.82. The summed E-state index contributed by atoms with van der Waals surface area (Å²) in [5, 5.41) is 3.57. The van der Waals surface area contributed by atoms with Gasteiger partial charge in [0.05, 0.1) is 6.04 Å². The number of likely N-dealkylation sites (tertiary alicyclic amines) is 2. The number of rotatable bonds is 5. The van der Waals surface area contributed by atoms with Crippen molar-refractivity contribution in [2.24, 2.45) is 23.7 Å². The number of hydrogen-bond acceptors (Lipinski definition) is 3. The van der Waals surface area contributed by atoms with Crippen molar-refractivity contribution in [2.75, 3.05) is 32.7 Å². The second kappa shape index (κ2) is 6.84. The van der Waals surface area contributed by atoms with Gasteiger partial charge in [0.1, 0.15) is 0 Å². The molecule has 0 unspecified atom stereocenters. The number of carbonyl (C=O) groups excluding carboxylic acids is 1. The minimum absolute atomic E-state index is 0.153. The molecule has 6 fully saturated rings. The third-order valence-corrected chi connectivity index (χ3v) is 8.10. The highest BCUT2D eigenvalue weighted by atomic mass is 16.2. The number of carbonyl (C=O) groups is 1. The molecule has 4 nitrogen and oxygen atoms in total. The van der Waals surface area contributed by atoms with Crippen molar-refractivity contribution in [1.29, 1.82) is 0 Å². The van der Waals surface area contributed by atoms with Gasteiger partial charge < -0.3 is 10.2 Å². The van der Waals surface area contributed by atoms with Gasteiger partial charge >= 0.3 is 0 Å². The van der Waals surface area contributed by atoms with E-state index in [1.165, 1.54) is 64.5 Å². The van der Waals surface area contributed by atoms with E-state index in [4.69, 9.17) is 0 Å². The molecule has 0 radical (unpaired) electrons. The average molecular weight is 346 g/mol. The van der Waals surface area contributed by atoms with Gasteiger partial charge in [-0.25, -0.2) is 0 Å². The molecule has 4 heteroatoms. The largest absolute Gasteiger partial charge is 0.351 e. The maximum absolute atomic E-state index is 13.1. The smallest absolute Gasteiger partial charge is 0.237 e.